The summed E-state index contributed by atoms with van der Waals surface area (Å²) < 4.78 is 0. The Bertz CT molecular complexity index is 687. The van der Waals surface area contributed by atoms with Crippen molar-refractivity contribution in [3.8, 4) is 0 Å². The molecule has 2 unspecified atom stereocenters. The largest absolute Gasteiger partial charge is 0.305 e. The normalized spacial score (nSPS) is 20.1. The first-order valence-corrected chi connectivity index (χ1v) is 10.1. The SMILES string of the molecule is Cc1nc(C(C)(C)C)sc1C(C)NC1CCN(Cc2ccccc2)C1. The van der Waals surface area contributed by atoms with E-state index >= 15 is 0 Å². The van der Waals surface area contributed by atoms with Crippen molar-refractivity contribution in [2.45, 2.75) is 65.1 Å². The molecule has 4 heteroatoms. The molecule has 2 heterocycles. The van der Waals surface area contributed by atoms with Crippen molar-refractivity contribution in [1.82, 2.24) is 15.2 Å². The predicted octanol–water partition coefficient (Wildman–Crippen LogP) is 4.67. The van der Waals surface area contributed by atoms with Gasteiger partial charge in [0, 0.05) is 42.0 Å². The van der Waals surface area contributed by atoms with Crippen LogP contribution in [0.25, 0.3) is 0 Å². The number of hydrogen-bond donors (Lipinski definition) is 1. The topological polar surface area (TPSA) is 28.2 Å². The van der Waals surface area contributed by atoms with E-state index in [0.717, 1.165) is 13.1 Å². The van der Waals surface area contributed by atoms with Crippen LogP contribution in [-0.4, -0.2) is 29.0 Å². The van der Waals surface area contributed by atoms with Gasteiger partial charge in [0.15, 0.2) is 0 Å². The standard InChI is InChI=1S/C21H31N3S/c1-15(19-16(2)23-20(25-19)21(3,4)5)22-18-11-12-24(14-18)13-17-9-7-6-8-10-17/h6-10,15,18,22H,11-14H2,1-5H3. The molecule has 0 amide bonds. The molecular formula is C21H31N3S. The second kappa shape index (κ2) is 7.56. The van der Waals surface area contributed by atoms with Crippen molar-refractivity contribution in [1.29, 1.82) is 0 Å². The third-order valence-corrected chi connectivity index (χ3v) is 6.64. The summed E-state index contributed by atoms with van der Waals surface area (Å²) in [6.07, 6.45) is 1.22. The molecule has 1 aromatic heterocycles. The van der Waals surface area contributed by atoms with E-state index in [-0.39, 0.29) is 5.41 Å². The van der Waals surface area contributed by atoms with Gasteiger partial charge in [0.05, 0.1) is 10.7 Å². The molecule has 0 saturated carbocycles. The Morgan fingerprint density at radius 2 is 2.00 bits per heavy atom. The summed E-state index contributed by atoms with van der Waals surface area (Å²) in [5.41, 5.74) is 2.73. The Balaban J connectivity index is 1.57. The average Bonchev–Trinajstić information content (AvgIpc) is 3.14. The molecule has 0 aliphatic carbocycles. The fraction of sp³-hybridized carbons (Fsp3) is 0.571. The Morgan fingerprint density at radius 1 is 1.28 bits per heavy atom. The lowest BCUT2D eigenvalue weighted by atomic mass is 9.98. The number of nitrogens with zero attached hydrogens (tertiary/aromatic N) is 2. The fourth-order valence-corrected chi connectivity index (χ4v) is 4.65. The van der Waals surface area contributed by atoms with E-state index in [1.807, 2.05) is 11.3 Å². The first kappa shape index (κ1) is 18.6. The second-order valence-electron chi connectivity index (χ2n) is 8.31. The number of aromatic nitrogens is 1. The van der Waals surface area contributed by atoms with Crippen LogP contribution in [0.4, 0.5) is 0 Å². The van der Waals surface area contributed by atoms with Gasteiger partial charge in [-0.25, -0.2) is 4.98 Å². The third kappa shape index (κ3) is 4.69. The highest BCUT2D eigenvalue weighted by molar-refractivity contribution is 7.12. The lowest BCUT2D eigenvalue weighted by Gasteiger charge is -2.20. The second-order valence-corrected chi connectivity index (χ2v) is 9.34. The fourth-order valence-electron chi connectivity index (χ4n) is 3.51. The Morgan fingerprint density at radius 3 is 2.64 bits per heavy atom. The summed E-state index contributed by atoms with van der Waals surface area (Å²) >= 11 is 1.87. The van der Waals surface area contributed by atoms with Crippen LogP contribution in [0.15, 0.2) is 30.3 Å². The summed E-state index contributed by atoms with van der Waals surface area (Å²) in [6.45, 7) is 14.5. The smallest absolute Gasteiger partial charge is 0.0985 e. The zero-order chi connectivity index (χ0) is 18.0. The van der Waals surface area contributed by atoms with Gasteiger partial charge in [-0.2, -0.15) is 0 Å². The molecule has 1 aliphatic rings. The Kier molecular flexibility index (Phi) is 5.62. The molecule has 2 aromatic rings. The molecule has 3 nitrogen and oxygen atoms in total. The van der Waals surface area contributed by atoms with Crippen molar-refractivity contribution in [3.05, 3.63) is 51.5 Å². The molecule has 0 radical (unpaired) electrons. The number of thiazole rings is 1. The molecule has 3 rings (SSSR count). The Hall–Kier alpha value is -1.23. The van der Waals surface area contributed by atoms with Gasteiger partial charge in [0.2, 0.25) is 0 Å². The van der Waals surface area contributed by atoms with Crippen molar-refractivity contribution in [2.24, 2.45) is 0 Å². The van der Waals surface area contributed by atoms with Gasteiger partial charge in [-0.1, -0.05) is 51.1 Å². The minimum atomic E-state index is 0.132. The van der Waals surface area contributed by atoms with Crippen LogP contribution in [-0.2, 0) is 12.0 Å². The summed E-state index contributed by atoms with van der Waals surface area (Å²) in [5.74, 6) is 0. The molecule has 136 valence electrons. The molecular weight excluding hydrogens is 326 g/mol. The maximum absolute atomic E-state index is 4.82. The molecule has 1 aromatic carbocycles. The van der Waals surface area contributed by atoms with E-state index < -0.39 is 0 Å². The molecule has 25 heavy (non-hydrogen) atoms. The molecule has 2 atom stereocenters. The molecule has 0 spiro atoms. The predicted molar refractivity (Wildman–Crippen MR) is 107 cm³/mol. The van der Waals surface area contributed by atoms with Gasteiger partial charge in [0.1, 0.15) is 0 Å². The van der Waals surface area contributed by atoms with Crippen LogP contribution in [0.5, 0.6) is 0 Å². The third-order valence-electron chi connectivity index (χ3n) is 4.87. The number of nitrogens with one attached hydrogen (secondary N) is 1. The maximum Gasteiger partial charge on any atom is 0.0985 e. The highest BCUT2D eigenvalue weighted by Gasteiger charge is 2.27. The number of benzene rings is 1. The van der Waals surface area contributed by atoms with Crippen LogP contribution >= 0.6 is 11.3 Å². The van der Waals surface area contributed by atoms with E-state index in [2.05, 4.69) is 75.2 Å². The summed E-state index contributed by atoms with van der Waals surface area (Å²) in [6, 6.07) is 11.7. The number of hydrogen-bond acceptors (Lipinski definition) is 4. The van der Waals surface area contributed by atoms with Gasteiger partial charge < -0.3 is 5.32 Å². The summed E-state index contributed by atoms with van der Waals surface area (Å²) in [5, 5.41) is 5.09. The van der Waals surface area contributed by atoms with Crippen LogP contribution < -0.4 is 5.32 Å². The molecule has 1 fully saturated rings. The van der Waals surface area contributed by atoms with Gasteiger partial charge in [0.25, 0.3) is 0 Å². The molecule has 1 saturated heterocycles. The maximum atomic E-state index is 4.82. The van der Waals surface area contributed by atoms with Crippen molar-refractivity contribution < 1.29 is 0 Å². The number of aryl methyl sites for hydroxylation is 1. The lowest BCUT2D eigenvalue weighted by molar-refractivity contribution is 0.316. The van der Waals surface area contributed by atoms with Crippen LogP contribution in [0.1, 0.15) is 61.3 Å². The highest BCUT2D eigenvalue weighted by Crippen LogP contribution is 2.33. The van der Waals surface area contributed by atoms with Crippen LogP contribution in [0, 0.1) is 6.92 Å². The van der Waals surface area contributed by atoms with Gasteiger partial charge in [-0.05, 0) is 25.8 Å². The van der Waals surface area contributed by atoms with E-state index in [4.69, 9.17) is 4.98 Å². The average molecular weight is 358 g/mol. The minimum absolute atomic E-state index is 0.132. The van der Waals surface area contributed by atoms with Gasteiger partial charge in [-0.15, -0.1) is 11.3 Å². The van der Waals surface area contributed by atoms with Crippen LogP contribution in [0.2, 0.25) is 0 Å². The van der Waals surface area contributed by atoms with Crippen molar-refractivity contribution >= 4 is 11.3 Å². The highest BCUT2D eigenvalue weighted by atomic mass is 32.1. The first-order chi connectivity index (χ1) is 11.8. The van der Waals surface area contributed by atoms with E-state index in [0.29, 0.717) is 12.1 Å². The van der Waals surface area contributed by atoms with E-state index in [1.54, 1.807) is 0 Å². The van der Waals surface area contributed by atoms with Gasteiger partial charge in [-0.3, -0.25) is 4.90 Å². The number of rotatable bonds is 5. The first-order valence-electron chi connectivity index (χ1n) is 9.33. The molecule has 1 aliphatic heterocycles. The zero-order valence-corrected chi connectivity index (χ0v) is 17.0. The van der Waals surface area contributed by atoms with E-state index in [9.17, 15) is 0 Å². The van der Waals surface area contributed by atoms with Crippen molar-refractivity contribution in [2.75, 3.05) is 13.1 Å². The zero-order valence-electron chi connectivity index (χ0n) is 16.2. The van der Waals surface area contributed by atoms with Crippen LogP contribution in [0.3, 0.4) is 0 Å². The quantitative estimate of drug-likeness (QED) is 0.842. The summed E-state index contributed by atoms with van der Waals surface area (Å²) in [4.78, 5) is 8.77. The van der Waals surface area contributed by atoms with Crippen molar-refractivity contribution in [3.63, 3.8) is 0 Å². The Labute approximate surface area is 156 Å². The minimum Gasteiger partial charge on any atom is -0.305 e. The lowest BCUT2D eigenvalue weighted by Crippen LogP contribution is -2.34. The number of likely N-dealkylation sites (tertiary alicyclic amines) is 1. The van der Waals surface area contributed by atoms with E-state index in [1.165, 1.54) is 34.1 Å². The molecule has 0 bridgehead atoms. The monoisotopic (exact) mass is 357 g/mol. The summed E-state index contributed by atoms with van der Waals surface area (Å²) in [7, 11) is 0. The van der Waals surface area contributed by atoms with Gasteiger partial charge >= 0.3 is 0 Å². The molecule has 1 N–H and O–H groups in total.